The largest absolute Gasteiger partial charge is 0.359 e. The number of carbonyl (C=O) groups excluding carboxylic acids is 1. The average molecular weight is 503 g/mol. The maximum atomic E-state index is 13.7. The predicted molar refractivity (Wildman–Crippen MR) is 151 cm³/mol. The highest BCUT2D eigenvalue weighted by molar-refractivity contribution is 5.95. The number of aryl methyl sites for hydroxylation is 1. The minimum absolute atomic E-state index is 0.0693. The van der Waals surface area contributed by atoms with Crippen molar-refractivity contribution in [2.24, 2.45) is 5.92 Å². The minimum Gasteiger partial charge on any atom is -0.359 e. The number of anilines is 2. The first-order valence-electron chi connectivity index (χ1n) is 14.1. The maximum absolute atomic E-state index is 13.7. The average Bonchev–Trinajstić information content (AvgIpc) is 3.51. The molecular weight excluding hydrogens is 460 g/mol. The Bertz CT molecular complexity index is 1270. The quantitative estimate of drug-likeness (QED) is 0.453. The molecule has 0 aliphatic carbocycles. The normalized spacial score (nSPS) is 21.8. The van der Waals surface area contributed by atoms with Gasteiger partial charge in [0.15, 0.2) is 5.65 Å². The molecule has 37 heavy (non-hydrogen) atoms. The SMILES string of the molecule is CCC1c2cc3nc(N4CC[C@H](C)C4)c(C)c(n3n2)N(C)CCCCCCc2ccccc2C(=O)N1C. The molecule has 7 heteroatoms. The molecule has 1 unspecified atom stereocenters. The van der Waals surface area contributed by atoms with Crippen molar-refractivity contribution in [2.75, 3.05) is 43.5 Å². The van der Waals surface area contributed by atoms with Gasteiger partial charge in [0.1, 0.15) is 11.6 Å². The molecule has 1 aromatic carbocycles. The van der Waals surface area contributed by atoms with Gasteiger partial charge >= 0.3 is 0 Å². The van der Waals surface area contributed by atoms with Crippen molar-refractivity contribution in [1.82, 2.24) is 19.5 Å². The van der Waals surface area contributed by atoms with Crippen molar-refractivity contribution in [3.8, 4) is 0 Å². The molecule has 3 aromatic rings. The van der Waals surface area contributed by atoms with Crippen molar-refractivity contribution < 1.29 is 4.79 Å². The molecule has 0 spiro atoms. The van der Waals surface area contributed by atoms with Gasteiger partial charge in [-0.2, -0.15) is 9.61 Å². The zero-order valence-electron chi connectivity index (χ0n) is 23.2. The Labute approximate surface area is 221 Å². The first kappa shape index (κ1) is 25.6. The van der Waals surface area contributed by atoms with Crippen molar-refractivity contribution >= 4 is 23.2 Å². The van der Waals surface area contributed by atoms with Crippen LogP contribution in [0.25, 0.3) is 5.65 Å². The topological polar surface area (TPSA) is 57.0 Å². The zero-order chi connectivity index (χ0) is 26.1. The molecule has 2 aliphatic rings. The van der Waals surface area contributed by atoms with E-state index in [9.17, 15) is 4.79 Å². The third kappa shape index (κ3) is 4.92. The molecular formula is C30H42N6O. The molecule has 0 radical (unpaired) electrons. The van der Waals surface area contributed by atoms with E-state index in [1.807, 2.05) is 34.7 Å². The van der Waals surface area contributed by atoms with E-state index in [2.05, 4.69) is 49.8 Å². The molecule has 0 N–H and O–H groups in total. The molecule has 2 atom stereocenters. The fourth-order valence-corrected chi connectivity index (χ4v) is 6.21. The number of amides is 1. The number of rotatable bonds is 2. The van der Waals surface area contributed by atoms with Crippen LogP contribution in [-0.2, 0) is 6.42 Å². The van der Waals surface area contributed by atoms with Crippen LogP contribution >= 0.6 is 0 Å². The summed E-state index contributed by atoms with van der Waals surface area (Å²) < 4.78 is 2.02. The van der Waals surface area contributed by atoms with Crippen LogP contribution in [0.2, 0.25) is 0 Å². The van der Waals surface area contributed by atoms with Gasteiger partial charge in [-0.25, -0.2) is 4.98 Å². The predicted octanol–water partition coefficient (Wildman–Crippen LogP) is 5.66. The van der Waals surface area contributed by atoms with Gasteiger partial charge in [0.2, 0.25) is 0 Å². The van der Waals surface area contributed by atoms with Crippen LogP contribution in [0.4, 0.5) is 11.6 Å². The Kier molecular flexibility index (Phi) is 7.40. The molecule has 1 fully saturated rings. The summed E-state index contributed by atoms with van der Waals surface area (Å²) in [7, 11) is 4.11. The van der Waals surface area contributed by atoms with E-state index in [1.54, 1.807) is 0 Å². The summed E-state index contributed by atoms with van der Waals surface area (Å²) in [6.45, 7) is 9.72. The first-order valence-corrected chi connectivity index (χ1v) is 14.1. The molecule has 2 aromatic heterocycles. The van der Waals surface area contributed by atoms with Gasteiger partial charge in [-0.15, -0.1) is 0 Å². The molecule has 4 heterocycles. The highest BCUT2D eigenvalue weighted by atomic mass is 16.2. The van der Waals surface area contributed by atoms with E-state index in [0.29, 0.717) is 5.92 Å². The molecule has 1 saturated heterocycles. The second-order valence-corrected chi connectivity index (χ2v) is 11.1. The maximum Gasteiger partial charge on any atom is 0.254 e. The van der Waals surface area contributed by atoms with Crippen LogP contribution in [0.1, 0.15) is 85.6 Å². The molecule has 1 amide bonds. The summed E-state index contributed by atoms with van der Waals surface area (Å²) in [6.07, 6.45) is 7.50. The standard InChI is InChI=1S/C30H42N6O/c1-6-26-25-19-27-31-28(35-18-16-21(2)20-35)22(3)29(36(27)32-25)33(4)17-12-8-7-9-13-23-14-10-11-15-24(23)30(37)34(26)5/h10-11,14-15,19,21,26H,6-9,12-13,16-18,20H2,1-5H3/t21-,26?/m0/s1. The van der Waals surface area contributed by atoms with Crippen molar-refractivity contribution in [2.45, 2.75) is 71.8 Å². The summed E-state index contributed by atoms with van der Waals surface area (Å²) in [5, 5.41) is 5.11. The lowest BCUT2D eigenvalue weighted by molar-refractivity contribution is 0.0721. The lowest BCUT2D eigenvalue weighted by atomic mass is 9.99. The first-order chi connectivity index (χ1) is 17.9. The van der Waals surface area contributed by atoms with Crippen LogP contribution < -0.4 is 9.80 Å². The third-order valence-electron chi connectivity index (χ3n) is 8.34. The molecule has 5 rings (SSSR count). The number of carbonyl (C=O) groups is 1. The Morgan fingerprint density at radius 1 is 1.05 bits per heavy atom. The summed E-state index contributed by atoms with van der Waals surface area (Å²) >= 11 is 0. The Balaban J connectivity index is 1.62. The summed E-state index contributed by atoms with van der Waals surface area (Å²) in [5.74, 6) is 2.95. The zero-order valence-corrected chi connectivity index (χ0v) is 23.2. The number of benzene rings is 1. The second kappa shape index (κ2) is 10.7. The number of aromatic nitrogens is 3. The Hall–Kier alpha value is -3.09. The van der Waals surface area contributed by atoms with Gasteiger partial charge in [0.25, 0.3) is 5.91 Å². The Morgan fingerprint density at radius 3 is 2.59 bits per heavy atom. The van der Waals surface area contributed by atoms with Gasteiger partial charge in [-0.05, 0) is 56.6 Å². The van der Waals surface area contributed by atoms with Crippen molar-refractivity contribution in [3.63, 3.8) is 0 Å². The number of hydrogen-bond acceptors (Lipinski definition) is 5. The van der Waals surface area contributed by atoms with Crippen molar-refractivity contribution in [1.29, 1.82) is 0 Å². The molecule has 198 valence electrons. The van der Waals surface area contributed by atoms with E-state index >= 15 is 0 Å². The lowest BCUT2D eigenvalue weighted by Crippen LogP contribution is -2.32. The monoisotopic (exact) mass is 502 g/mol. The molecule has 2 bridgehead atoms. The third-order valence-corrected chi connectivity index (χ3v) is 8.34. The van der Waals surface area contributed by atoms with Gasteiger partial charge in [0, 0.05) is 50.9 Å². The fraction of sp³-hybridized carbons (Fsp3) is 0.567. The van der Waals surface area contributed by atoms with Crippen LogP contribution in [-0.4, -0.2) is 59.1 Å². The fourth-order valence-electron chi connectivity index (χ4n) is 6.21. The van der Waals surface area contributed by atoms with E-state index in [4.69, 9.17) is 10.1 Å². The lowest BCUT2D eigenvalue weighted by Gasteiger charge is -2.27. The van der Waals surface area contributed by atoms with Crippen LogP contribution in [0.5, 0.6) is 0 Å². The van der Waals surface area contributed by atoms with Gasteiger partial charge in [-0.3, -0.25) is 4.79 Å². The molecule has 2 aliphatic heterocycles. The second-order valence-electron chi connectivity index (χ2n) is 11.1. The number of hydrogen-bond donors (Lipinski definition) is 0. The van der Waals surface area contributed by atoms with Gasteiger partial charge in [0.05, 0.1) is 11.7 Å². The van der Waals surface area contributed by atoms with Gasteiger partial charge in [-0.1, -0.05) is 44.9 Å². The smallest absolute Gasteiger partial charge is 0.254 e. The van der Waals surface area contributed by atoms with Crippen LogP contribution in [0, 0.1) is 12.8 Å². The van der Waals surface area contributed by atoms with Crippen molar-refractivity contribution in [3.05, 3.63) is 52.7 Å². The number of fused-ring (bicyclic) bond motifs is 2. The summed E-state index contributed by atoms with van der Waals surface area (Å²) in [6, 6.07) is 10.1. The Morgan fingerprint density at radius 2 is 1.84 bits per heavy atom. The minimum atomic E-state index is -0.121. The van der Waals surface area contributed by atoms with E-state index in [-0.39, 0.29) is 11.9 Å². The number of nitrogens with zero attached hydrogens (tertiary/aromatic N) is 6. The van der Waals surface area contributed by atoms with Crippen LogP contribution in [0.15, 0.2) is 30.3 Å². The van der Waals surface area contributed by atoms with E-state index in [1.165, 1.54) is 18.4 Å². The molecule has 0 saturated carbocycles. The van der Waals surface area contributed by atoms with E-state index < -0.39 is 0 Å². The van der Waals surface area contributed by atoms with Crippen LogP contribution in [0.3, 0.4) is 0 Å². The molecule has 7 nitrogen and oxygen atoms in total. The highest BCUT2D eigenvalue weighted by Gasteiger charge is 2.29. The summed E-state index contributed by atoms with van der Waals surface area (Å²) in [5.41, 5.74) is 4.92. The highest BCUT2D eigenvalue weighted by Crippen LogP contribution is 2.34. The van der Waals surface area contributed by atoms with Gasteiger partial charge < -0.3 is 14.7 Å². The van der Waals surface area contributed by atoms with E-state index in [0.717, 1.165) is 85.8 Å². The summed E-state index contributed by atoms with van der Waals surface area (Å²) in [4.78, 5) is 25.6.